The van der Waals surface area contributed by atoms with Gasteiger partial charge in [0.25, 0.3) is 11.5 Å². The highest BCUT2D eigenvalue weighted by molar-refractivity contribution is 6.03. The molecule has 0 aliphatic carbocycles. The van der Waals surface area contributed by atoms with Crippen molar-refractivity contribution in [2.75, 3.05) is 5.32 Å². The van der Waals surface area contributed by atoms with Gasteiger partial charge >= 0.3 is 0 Å². The normalized spacial score (nSPS) is 10.6. The number of carbonyl (C=O) groups is 1. The Morgan fingerprint density at radius 1 is 1.09 bits per heavy atom. The molecule has 6 nitrogen and oxygen atoms in total. The van der Waals surface area contributed by atoms with E-state index >= 15 is 0 Å². The van der Waals surface area contributed by atoms with Crippen LogP contribution in [0.1, 0.15) is 21.7 Å². The number of aromatic nitrogens is 3. The highest BCUT2D eigenvalue weighted by atomic mass is 16.2. The molecule has 3 rings (SSSR count). The fourth-order valence-electron chi connectivity index (χ4n) is 2.27. The van der Waals surface area contributed by atoms with Gasteiger partial charge in [0.15, 0.2) is 0 Å². The van der Waals surface area contributed by atoms with Crippen molar-refractivity contribution in [3.05, 3.63) is 69.9 Å². The van der Waals surface area contributed by atoms with Crippen LogP contribution in [0.3, 0.4) is 0 Å². The average molecular weight is 294 g/mol. The highest BCUT2D eigenvalue weighted by Crippen LogP contribution is 2.06. The van der Waals surface area contributed by atoms with Crippen LogP contribution in [0.4, 0.5) is 5.95 Å². The third-order valence-electron chi connectivity index (χ3n) is 3.21. The zero-order valence-corrected chi connectivity index (χ0v) is 12.2. The summed E-state index contributed by atoms with van der Waals surface area (Å²) in [6.07, 6.45) is 1.63. The van der Waals surface area contributed by atoms with Crippen molar-refractivity contribution in [3.63, 3.8) is 0 Å². The number of pyridine rings is 2. The lowest BCUT2D eigenvalue weighted by atomic mass is 10.2. The Morgan fingerprint density at radius 2 is 1.82 bits per heavy atom. The van der Waals surface area contributed by atoms with Gasteiger partial charge in [-0.15, -0.1) is 0 Å². The first kappa shape index (κ1) is 13.9. The summed E-state index contributed by atoms with van der Waals surface area (Å²) in [6, 6.07) is 10.4. The summed E-state index contributed by atoms with van der Waals surface area (Å²) in [5, 5.41) is 2.57. The maximum atomic E-state index is 12.4. The van der Waals surface area contributed by atoms with Gasteiger partial charge in [0.1, 0.15) is 5.56 Å². The van der Waals surface area contributed by atoms with Gasteiger partial charge < -0.3 is 0 Å². The smallest absolute Gasteiger partial charge is 0.267 e. The number of nitrogens with zero attached hydrogens (tertiary/aromatic N) is 3. The molecule has 0 atom stereocenters. The van der Waals surface area contributed by atoms with Crippen LogP contribution in [-0.2, 0) is 0 Å². The SMILES string of the molecule is Cc1cc(C)nc(NC(=O)c2ccc3ccccn3c2=O)n1. The topological polar surface area (TPSA) is 76.4 Å². The zero-order valence-electron chi connectivity index (χ0n) is 12.2. The van der Waals surface area contributed by atoms with E-state index in [0.29, 0.717) is 0 Å². The number of rotatable bonds is 2. The van der Waals surface area contributed by atoms with E-state index in [4.69, 9.17) is 0 Å². The lowest BCUT2D eigenvalue weighted by molar-refractivity contribution is 0.102. The number of carbonyl (C=O) groups excluding carboxylic acids is 1. The van der Waals surface area contributed by atoms with Crippen LogP contribution >= 0.6 is 0 Å². The van der Waals surface area contributed by atoms with Crippen LogP contribution in [0.5, 0.6) is 0 Å². The predicted octanol–water partition coefficient (Wildman–Crippen LogP) is 1.96. The fourth-order valence-corrected chi connectivity index (χ4v) is 2.27. The zero-order chi connectivity index (χ0) is 15.7. The predicted molar refractivity (Wildman–Crippen MR) is 83.1 cm³/mol. The molecule has 0 fully saturated rings. The summed E-state index contributed by atoms with van der Waals surface area (Å²) in [4.78, 5) is 32.9. The van der Waals surface area contributed by atoms with Gasteiger partial charge in [0.2, 0.25) is 5.95 Å². The molecule has 3 aromatic heterocycles. The van der Waals surface area contributed by atoms with E-state index in [-0.39, 0.29) is 17.1 Å². The number of anilines is 1. The number of aryl methyl sites for hydroxylation is 2. The summed E-state index contributed by atoms with van der Waals surface area (Å²) in [6.45, 7) is 3.63. The minimum absolute atomic E-state index is 0.0476. The van der Waals surface area contributed by atoms with Crippen molar-refractivity contribution in [2.45, 2.75) is 13.8 Å². The van der Waals surface area contributed by atoms with Crippen molar-refractivity contribution in [3.8, 4) is 0 Å². The Hall–Kier alpha value is -3.02. The van der Waals surface area contributed by atoms with Gasteiger partial charge in [-0.05, 0) is 44.2 Å². The minimum atomic E-state index is -0.520. The number of fused-ring (bicyclic) bond motifs is 1. The monoisotopic (exact) mass is 294 g/mol. The molecule has 3 heterocycles. The van der Waals surface area contributed by atoms with Crippen LogP contribution in [0.15, 0.2) is 47.4 Å². The molecule has 0 saturated carbocycles. The van der Waals surface area contributed by atoms with E-state index in [2.05, 4.69) is 15.3 Å². The second-order valence-electron chi connectivity index (χ2n) is 4.98. The van der Waals surface area contributed by atoms with Gasteiger partial charge in [-0.2, -0.15) is 0 Å². The molecule has 110 valence electrons. The molecule has 6 heteroatoms. The lowest BCUT2D eigenvalue weighted by Gasteiger charge is -2.06. The van der Waals surface area contributed by atoms with Crippen LogP contribution in [0, 0.1) is 13.8 Å². The molecule has 1 N–H and O–H groups in total. The maximum absolute atomic E-state index is 12.4. The van der Waals surface area contributed by atoms with E-state index in [0.717, 1.165) is 16.9 Å². The number of hydrogen-bond acceptors (Lipinski definition) is 4. The standard InChI is InChI=1S/C16H14N4O2/c1-10-9-11(2)18-16(17-10)19-14(21)13-7-6-12-5-3-4-8-20(12)15(13)22/h3-9H,1-2H3,(H,17,18,19,21). The molecule has 0 radical (unpaired) electrons. The molecule has 0 unspecified atom stereocenters. The van der Waals surface area contributed by atoms with Crippen LogP contribution < -0.4 is 10.9 Å². The van der Waals surface area contributed by atoms with Gasteiger partial charge in [-0.25, -0.2) is 9.97 Å². The van der Waals surface area contributed by atoms with E-state index in [9.17, 15) is 9.59 Å². The van der Waals surface area contributed by atoms with Crippen LogP contribution in [-0.4, -0.2) is 20.3 Å². The second-order valence-corrected chi connectivity index (χ2v) is 4.98. The van der Waals surface area contributed by atoms with Crippen molar-refractivity contribution in [1.82, 2.24) is 14.4 Å². The van der Waals surface area contributed by atoms with Crippen LogP contribution in [0.2, 0.25) is 0 Å². The molecule has 0 aliphatic rings. The molecule has 3 aromatic rings. The first-order valence-corrected chi connectivity index (χ1v) is 6.78. The van der Waals surface area contributed by atoms with E-state index in [1.54, 1.807) is 30.5 Å². The minimum Gasteiger partial charge on any atom is -0.290 e. The van der Waals surface area contributed by atoms with Crippen molar-refractivity contribution in [1.29, 1.82) is 0 Å². The molecule has 1 amide bonds. The Kier molecular flexibility index (Phi) is 3.42. The fraction of sp³-hybridized carbons (Fsp3) is 0.125. The Labute approximate surface area is 126 Å². The molecule has 22 heavy (non-hydrogen) atoms. The highest BCUT2D eigenvalue weighted by Gasteiger charge is 2.13. The summed E-state index contributed by atoms with van der Waals surface area (Å²) in [5.41, 5.74) is 1.90. The number of hydrogen-bond donors (Lipinski definition) is 1. The first-order chi connectivity index (χ1) is 10.5. The van der Waals surface area contributed by atoms with E-state index < -0.39 is 5.91 Å². The van der Waals surface area contributed by atoms with Crippen molar-refractivity contribution >= 4 is 17.4 Å². The molecule has 0 saturated heterocycles. The average Bonchev–Trinajstić information content (AvgIpc) is 2.46. The quantitative estimate of drug-likeness (QED) is 0.784. The number of nitrogens with one attached hydrogen (secondary N) is 1. The molecule has 0 spiro atoms. The van der Waals surface area contributed by atoms with Crippen LogP contribution in [0.25, 0.3) is 5.52 Å². The lowest BCUT2D eigenvalue weighted by Crippen LogP contribution is -2.26. The Morgan fingerprint density at radius 3 is 2.55 bits per heavy atom. The van der Waals surface area contributed by atoms with Crippen molar-refractivity contribution < 1.29 is 4.79 Å². The van der Waals surface area contributed by atoms with Gasteiger partial charge in [-0.3, -0.25) is 19.3 Å². The second kappa shape index (κ2) is 5.40. The third kappa shape index (κ3) is 2.58. The van der Waals surface area contributed by atoms with Gasteiger partial charge in [-0.1, -0.05) is 6.07 Å². The molecule has 0 aromatic carbocycles. The van der Waals surface area contributed by atoms with Gasteiger partial charge in [0, 0.05) is 23.1 Å². The van der Waals surface area contributed by atoms with E-state index in [1.165, 1.54) is 10.5 Å². The van der Waals surface area contributed by atoms with Gasteiger partial charge in [0.05, 0.1) is 0 Å². The molecule has 0 bridgehead atoms. The third-order valence-corrected chi connectivity index (χ3v) is 3.21. The summed E-state index contributed by atoms with van der Waals surface area (Å²) < 4.78 is 1.43. The Balaban J connectivity index is 1.99. The summed E-state index contributed by atoms with van der Waals surface area (Å²) in [5.74, 6) is -0.326. The number of amides is 1. The first-order valence-electron chi connectivity index (χ1n) is 6.78. The summed E-state index contributed by atoms with van der Waals surface area (Å²) >= 11 is 0. The molecule has 0 aliphatic heterocycles. The summed E-state index contributed by atoms with van der Waals surface area (Å²) in [7, 11) is 0. The van der Waals surface area contributed by atoms with Crippen molar-refractivity contribution in [2.24, 2.45) is 0 Å². The maximum Gasteiger partial charge on any atom is 0.267 e. The van der Waals surface area contributed by atoms with E-state index in [1.807, 2.05) is 19.9 Å². The largest absolute Gasteiger partial charge is 0.290 e. The molecular weight excluding hydrogens is 280 g/mol. The Bertz CT molecular complexity index is 911. The molecular formula is C16H14N4O2.